The summed E-state index contributed by atoms with van der Waals surface area (Å²) in [5.41, 5.74) is 0.983. The number of rotatable bonds is 5. The lowest BCUT2D eigenvalue weighted by Gasteiger charge is -2.10. The summed E-state index contributed by atoms with van der Waals surface area (Å²) in [7, 11) is 1.59. The van der Waals surface area contributed by atoms with Crippen molar-refractivity contribution in [3.8, 4) is 17.3 Å². The minimum atomic E-state index is 0.452. The number of aryl methyl sites for hydroxylation is 1. The zero-order chi connectivity index (χ0) is 19.0. The van der Waals surface area contributed by atoms with Gasteiger partial charge in [0.15, 0.2) is 0 Å². The average molecular weight is 421 g/mol. The molecule has 138 valence electrons. The number of fused-ring (bicyclic) bond motifs is 1. The topological polar surface area (TPSA) is 73.1 Å². The maximum atomic E-state index is 6.49. The van der Waals surface area contributed by atoms with Crippen LogP contribution >= 0.6 is 34.5 Å². The summed E-state index contributed by atoms with van der Waals surface area (Å²) in [4.78, 5) is 10.9. The van der Waals surface area contributed by atoms with E-state index in [1.54, 1.807) is 19.4 Å². The van der Waals surface area contributed by atoms with Crippen molar-refractivity contribution >= 4 is 50.6 Å². The fourth-order valence-corrected chi connectivity index (χ4v) is 4.20. The van der Waals surface area contributed by atoms with Gasteiger partial charge in [0, 0.05) is 17.5 Å². The highest BCUT2D eigenvalue weighted by Gasteiger charge is 2.18. The number of ether oxygens (including phenoxy) is 1. The van der Waals surface area contributed by atoms with Crippen LogP contribution in [-0.4, -0.2) is 22.2 Å². The van der Waals surface area contributed by atoms with E-state index in [9.17, 15) is 0 Å². The Labute approximate surface area is 169 Å². The van der Waals surface area contributed by atoms with Crippen molar-refractivity contribution in [2.24, 2.45) is 0 Å². The van der Waals surface area contributed by atoms with Crippen LogP contribution in [0.25, 0.3) is 21.8 Å². The average Bonchev–Trinajstić information content (AvgIpc) is 3.29. The van der Waals surface area contributed by atoms with Crippen molar-refractivity contribution in [1.82, 2.24) is 15.1 Å². The molecule has 6 nitrogen and oxygen atoms in total. The van der Waals surface area contributed by atoms with Crippen LogP contribution in [0.5, 0.6) is 5.75 Å². The fraction of sp³-hybridized carbons (Fsp3) is 0.167. The maximum Gasteiger partial charge on any atom is 0.204 e. The molecule has 4 rings (SSSR count). The zero-order valence-electron chi connectivity index (χ0n) is 14.4. The molecule has 0 atom stereocenters. The third-order valence-electron chi connectivity index (χ3n) is 3.99. The van der Waals surface area contributed by atoms with Crippen LogP contribution in [0.4, 0.5) is 5.82 Å². The van der Waals surface area contributed by atoms with E-state index in [0.717, 1.165) is 20.7 Å². The van der Waals surface area contributed by atoms with Crippen molar-refractivity contribution in [3.05, 3.63) is 50.9 Å². The van der Waals surface area contributed by atoms with E-state index in [4.69, 9.17) is 32.5 Å². The molecular formula is C18H14Cl2N4O2S. The Morgan fingerprint density at radius 1 is 1.22 bits per heavy atom. The second-order valence-corrected chi connectivity index (χ2v) is 7.74. The molecule has 0 bridgehead atoms. The quantitative estimate of drug-likeness (QED) is 0.453. The number of anilines is 1. The highest BCUT2D eigenvalue weighted by Crippen LogP contribution is 2.38. The van der Waals surface area contributed by atoms with Gasteiger partial charge in [-0.05, 0) is 24.6 Å². The largest absolute Gasteiger partial charge is 0.495 e. The summed E-state index contributed by atoms with van der Waals surface area (Å²) in [6.07, 6.45) is 1.56. The van der Waals surface area contributed by atoms with Crippen LogP contribution in [0.15, 0.2) is 35.0 Å². The van der Waals surface area contributed by atoms with Gasteiger partial charge in [-0.1, -0.05) is 34.4 Å². The second kappa shape index (κ2) is 7.34. The van der Waals surface area contributed by atoms with Gasteiger partial charge in [0.1, 0.15) is 16.4 Å². The number of thiophene rings is 1. The highest BCUT2D eigenvalue weighted by molar-refractivity contribution is 7.19. The molecule has 0 spiro atoms. The van der Waals surface area contributed by atoms with Gasteiger partial charge in [0.05, 0.1) is 28.7 Å². The van der Waals surface area contributed by atoms with Gasteiger partial charge in [0.2, 0.25) is 11.6 Å². The standard InChI is InChI=1S/C18H14Cl2N4O2S/c1-9-15(20)14-17(21-8-10-3-4-12(25-2)11(19)7-10)23-16(24-18(14)27-9)13-5-6-22-26-13/h3-7H,8H2,1-2H3,(H,21,23,24). The third kappa shape index (κ3) is 3.45. The van der Waals surface area contributed by atoms with Crippen LogP contribution in [0.2, 0.25) is 10.0 Å². The molecule has 1 N–H and O–H groups in total. The van der Waals surface area contributed by atoms with Crippen LogP contribution in [0.3, 0.4) is 0 Å². The zero-order valence-corrected chi connectivity index (χ0v) is 16.7. The smallest absolute Gasteiger partial charge is 0.204 e. The first-order chi connectivity index (χ1) is 13.1. The van der Waals surface area contributed by atoms with Gasteiger partial charge < -0.3 is 14.6 Å². The molecule has 0 aliphatic rings. The molecule has 4 aromatic rings. The number of aromatic nitrogens is 3. The van der Waals surface area contributed by atoms with Gasteiger partial charge in [-0.3, -0.25) is 0 Å². The van der Waals surface area contributed by atoms with Crippen molar-refractivity contribution < 1.29 is 9.26 Å². The molecule has 3 heterocycles. The Hall–Kier alpha value is -2.35. The molecule has 3 aromatic heterocycles. The van der Waals surface area contributed by atoms with Gasteiger partial charge >= 0.3 is 0 Å². The maximum absolute atomic E-state index is 6.49. The van der Waals surface area contributed by atoms with E-state index < -0.39 is 0 Å². The summed E-state index contributed by atoms with van der Waals surface area (Å²) < 4.78 is 10.4. The molecule has 0 amide bonds. The van der Waals surface area contributed by atoms with Gasteiger partial charge in [-0.25, -0.2) is 9.97 Å². The van der Waals surface area contributed by atoms with Crippen LogP contribution < -0.4 is 10.1 Å². The number of methoxy groups -OCH3 is 1. The molecule has 0 unspecified atom stereocenters. The normalized spacial score (nSPS) is 11.1. The molecule has 0 saturated heterocycles. The first-order valence-electron chi connectivity index (χ1n) is 8.01. The Kier molecular flexibility index (Phi) is 4.90. The van der Waals surface area contributed by atoms with Crippen LogP contribution in [0, 0.1) is 6.92 Å². The number of nitrogens with one attached hydrogen (secondary N) is 1. The fourth-order valence-electron chi connectivity index (χ4n) is 2.65. The Bertz CT molecular complexity index is 1110. The van der Waals surface area contributed by atoms with E-state index >= 15 is 0 Å². The summed E-state index contributed by atoms with van der Waals surface area (Å²) in [5.74, 6) is 2.21. The molecule has 1 aromatic carbocycles. The highest BCUT2D eigenvalue weighted by atomic mass is 35.5. The third-order valence-corrected chi connectivity index (χ3v) is 5.87. The van der Waals surface area contributed by atoms with E-state index in [-0.39, 0.29) is 0 Å². The number of nitrogens with zero attached hydrogens (tertiary/aromatic N) is 3. The van der Waals surface area contributed by atoms with E-state index in [1.165, 1.54) is 11.3 Å². The van der Waals surface area contributed by atoms with Gasteiger partial charge in [-0.15, -0.1) is 11.3 Å². The first kappa shape index (κ1) is 18.0. The molecule has 0 fully saturated rings. The summed E-state index contributed by atoms with van der Waals surface area (Å²) in [6, 6.07) is 7.34. The number of hydrogen-bond acceptors (Lipinski definition) is 7. The van der Waals surface area contributed by atoms with Gasteiger partial charge in [-0.2, -0.15) is 0 Å². The number of benzene rings is 1. The molecule has 0 saturated carbocycles. The number of halogens is 2. The minimum absolute atomic E-state index is 0.452. The monoisotopic (exact) mass is 420 g/mol. The second-order valence-electron chi connectivity index (χ2n) is 5.75. The predicted octanol–water partition coefficient (Wildman–Crippen LogP) is 5.58. The Balaban J connectivity index is 1.72. The first-order valence-corrected chi connectivity index (χ1v) is 9.58. The molecule has 0 aliphatic carbocycles. The molecule has 27 heavy (non-hydrogen) atoms. The van der Waals surface area contributed by atoms with E-state index in [1.807, 2.05) is 25.1 Å². The SMILES string of the molecule is COc1ccc(CNc2nc(-c3ccno3)nc3sc(C)c(Cl)c23)cc1Cl. The van der Waals surface area contributed by atoms with E-state index in [2.05, 4.69) is 20.4 Å². The Morgan fingerprint density at radius 2 is 2.07 bits per heavy atom. The molecule has 9 heteroatoms. The summed E-state index contributed by atoms with van der Waals surface area (Å²) in [5, 5.41) is 9.05. The van der Waals surface area contributed by atoms with Crippen LogP contribution in [0.1, 0.15) is 10.4 Å². The summed E-state index contributed by atoms with van der Waals surface area (Å²) in [6.45, 7) is 2.47. The van der Waals surface area contributed by atoms with Crippen LogP contribution in [-0.2, 0) is 6.54 Å². The Morgan fingerprint density at radius 3 is 2.78 bits per heavy atom. The number of hydrogen-bond donors (Lipinski definition) is 1. The molecule has 0 radical (unpaired) electrons. The predicted molar refractivity (Wildman–Crippen MR) is 108 cm³/mol. The van der Waals surface area contributed by atoms with Gasteiger partial charge in [0.25, 0.3) is 0 Å². The van der Waals surface area contributed by atoms with E-state index in [0.29, 0.717) is 39.7 Å². The lowest BCUT2D eigenvalue weighted by atomic mass is 10.2. The van der Waals surface area contributed by atoms with Crippen molar-refractivity contribution in [2.75, 3.05) is 12.4 Å². The van der Waals surface area contributed by atoms with Crippen molar-refractivity contribution in [3.63, 3.8) is 0 Å². The summed E-state index contributed by atoms with van der Waals surface area (Å²) >= 11 is 14.2. The molecular weight excluding hydrogens is 407 g/mol. The lowest BCUT2D eigenvalue weighted by molar-refractivity contribution is 0.415. The van der Waals surface area contributed by atoms with Crippen molar-refractivity contribution in [2.45, 2.75) is 13.5 Å². The lowest BCUT2D eigenvalue weighted by Crippen LogP contribution is -2.04. The molecule has 0 aliphatic heterocycles. The minimum Gasteiger partial charge on any atom is -0.495 e. The van der Waals surface area contributed by atoms with Crippen molar-refractivity contribution in [1.29, 1.82) is 0 Å².